The molecule has 2 unspecified atom stereocenters. The molecule has 122 valence electrons. The molecule has 1 fully saturated rings. The van der Waals surface area contributed by atoms with Gasteiger partial charge in [0.2, 0.25) is 0 Å². The summed E-state index contributed by atoms with van der Waals surface area (Å²) in [6.45, 7) is 9.42. The van der Waals surface area contributed by atoms with Gasteiger partial charge in [-0.05, 0) is 39.3 Å². The van der Waals surface area contributed by atoms with E-state index in [-0.39, 0.29) is 22.8 Å². The zero-order chi connectivity index (χ0) is 16.1. The van der Waals surface area contributed by atoms with Crippen molar-refractivity contribution in [1.82, 2.24) is 4.90 Å². The molecule has 6 nitrogen and oxygen atoms in total. The fourth-order valence-corrected chi connectivity index (χ4v) is 2.87. The first-order valence-corrected chi connectivity index (χ1v) is 7.71. The molecule has 1 aliphatic rings. The summed E-state index contributed by atoms with van der Waals surface area (Å²) in [5.74, 6) is 0.687. The van der Waals surface area contributed by atoms with Gasteiger partial charge in [0.25, 0.3) is 5.69 Å². The van der Waals surface area contributed by atoms with Gasteiger partial charge in [-0.2, -0.15) is 0 Å². The molecule has 0 bridgehead atoms. The molecule has 0 saturated carbocycles. The normalized spacial score (nSPS) is 22.5. The Bertz CT molecular complexity index is 511. The molecule has 2 atom stereocenters. The molecule has 0 radical (unpaired) electrons. The van der Waals surface area contributed by atoms with Gasteiger partial charge in [0.05, 0.1) is 23.7 Å². The first kappa shape index (κ1) is 16.7. The number of rotatable bonds is 6. The van der Waals surface area contributed by atoms with Crippen molar-refractivity contribution in [3.8, 4) is 5.75 Å². The lowest BCUT2D eigenvalue weighted by Crippen LogP contribution is -2.45. The lowest BCUT2D eigenvalue weighted by Gasteiger charge is -2.35. The van der Waals surface area contributed by atoms with Gasteiger partial charge < -0.3 is 9.47 Å². The first-order chi connectivity index (χ1) is 10.5. The van der Waals surface area contributed by atoms with E-state index in [2.05, 4.69) is 18.7 Å². The number of benzene rings is 1. The number of hydrogen-bond acceptors (Lipinski definition) is 5. The van der Waals surface area contributed by atoms with E-state index in [1.807, 2.05) is 0 Å². The molecular weight excluding hydrogens is 284 g/mol. The van der Waals surface area contributed by atoms with Crippen LogP contribution in [-0.4, -0.2) is 48.3 Å². The number of aryl methyl sites for hydroxylation is 1. The van der Waals surface area contributed by atoms with Crippen LogP contribution in [0, 0.1) is 17.0 Å². The number of ether oxygens (including phenoxy) is 2. The maximum Gasteiger partial charge on any atom is 0.272 e. The van der Waals surface area contributed by atoms with E-state index >= 15 is 0 Å². The van der Waals surface area contributed by atoms with E-state index in [1.54, 1.807) is 19.1 Å². The average Bonchev–Trinajstić information content (AvgIpc) is 2.42. The molecule has 1 heterocycles. The Morgan fingerprint density at radius 1 is 1.36 bits per heavy atom. The zero-order valence-electron chi connectivity index (χ0n) is 13.4. The minimum atomic E-state index is -0.375. The maximum atomic E-state index is 10.8. The van der Waals surface area contributed by atoms with Crippen molar-refractivity contribution in [3.63, 3.8) is 0 Å². The van der Waals surface area contributed by atoms with Crippen LogP contribution in [0.1, 0.15) is 25.8 Å². The van der Waals surface area contributed by atoms with Crippen LogP contribution in [0.4, 0.5) is 5.69 Å². The minimum Gasteiger partial charge on any atom is -0.494 e. The van der Waals surface area contributed by atoms with E-state index in [9.17, 15) is 10.1 Å². The third-order valence-electron chi connectivity index (χ3n) is 3.75. The molecule has 1 aliphatic heterocycles. The van der Waals surface area contributed by atoms with E-state index in [1.165, 1.54) is 6.07 Å². The van der Waals surface area contributed by atoms with Crippen LogP contribution >= 0.6 is 0 Å². The fourth-order valence-electron chi connectivity index (χ4n) is 2.87. The summed E-state index contributed by atoms with van der Waals surface area (Å²) < 4.78 is 11.4. The summed E-state index contributed by atoms with van der Waals surface area (Å²) in [6.07, 6.45) is 1.49. The lowest BCUT2D eigenvalue weighted by molar-refractivity contribution is -0.385. The number of nitro benzene ring substituents is 1. The highest BCUT2D eigenvalue weighted by atomic mass is 16.6. The van der Waals surface area contributed by atoms with Crippen LogP contribution in [0.15, 0.2) is 18.2 Å². The third kappa shape index (κ3) is 4.68. The molecule has 0 amide bonds. The van der Waals surface area contributed by atoms with Crippen molar-refractivity contribution in [3.05, 3.63) is 33.9 Å². The largest absolute Gasteiger partial charge is 0.494 e. The number of morpholine rings is 1. The Morgan fingerprint density at radius 3 is 2.64 bits per heavy atom. The van der Waals surface area contributed by atoms with Gasteiger partial charge in [0.1, 0.15) is 5.75 Å². The Hall–Kier alpha value is -1.66. The summed E-state index contributed by atoms with van der Waals surface area (Å²) in [7, 11) is 0. The van der Waals surface area contributed by atoms with Gasteiger partial charge in [0.15, 0.2) is 0 Å². The Labute approximate surface area is 131 Å². The highest BCUT2D eigenvalue weighted by Gasteiger charge is 2.21. The van der Waals surface area contributed by atoms with Crippen LogP contribution in [-0.2, 0) is 4.74 Å². The van der Waals surface area contributed by atoms with E-state index in [4.69, 9.17) is 9.47 Å². The summed E-state index contributed by atoms with van der Waals surface area (Å²) in [5, 5.41) is 10.8. The van der Waals surface area contributed by atoms with E-state index in [0.29, 0.717) is 17.9 Å². The second-order valence-corrected chi connectivity index (χ2v) is 5.92. The minimum absolute atomic E-state index is 0.128. The van der Waals surface area contributed by atoms with E-state index in [0.717, 1.165) is 26.1 Å². The SMILES string of the molecule is Cc1cc(OCCCN2CC(C)OC(C)C2)ccc1[N+](=O)[O-]. The van der Waals surface area contributed by atoms with Crippen LogP contribution in [0.25, 0.3) is 0 Å². The Morgan fingerprint density at radius 2 is 2.05 bits per heavy atom. The maximum absolute atomic E-state index is 10.8. The molecule has 2 rings (SSSR count). The molecule has 1 aromatic rings. The molecular formula is C16H24N2O4. The summed E-state index contributed by atoms with van der Waals surface area (Å²) in [4.78, 5) is 12.8. The van der Waals surface area contributed by atoms with Gasteiger partial charge in [-0.3, -0.25) is 15.0 Å². The van der Waals surface area contributed by atoms with Crippen LogP contribution in [0.3, 0.4) is 0 Å². The van der Waals surface area contributed by atoms with Crippen molar-refractivity contribution in [2.75, 3.05) is 26.2 Å². The molecule has 6 heteroatoms. The predicted molar refractivity (Wildman–Crippen MR) is 84.4 cm³/mol. The smallest absolute Gasteiger partial charge is 0.272 e. The second-order valence-electron chi connectivity index (χ2n) is 5.92. The van der Waals surface area contributed by atoms with Crippen LogP contribution < -0.4 is 4.74 Å². The Kier molecular flexibility index (Phi) is 5.74. The summed E-state index contributed by atoms with van der Waals surface area (Å²) in [6, 6.07) is 4.87. The summed E-state index contributed by atoms with van der Waals surface area (Å²) >= 11 is 0. The van der Waals surface area contributed by atoms with Gasteiger partial charge >= 0.3 is 0 Å². The van der Waals surface area contributed by atoms with Gasteiger partial charge in [-0.15, -0.1) is 0 Å². The molecule has 0 N–H and O–H groups in total. The first-order valence-electron chi connectivity index (χ1n) is 7.71. The standard InChI is InChI=1S/C16H24N2O4/c1-12-9-15(5-6-16(12)18(19)20)21-8-4-7-17-10-13(2)22-14(3)11-17/h5-6,9,13-14H,4,7-8,10-11H2,1-3H3. The topological polar surface area (TPSA) is 64.8 Å². The summed E-state index contributed by atoms with van der Waals surface area (Å²) in [5.41, 5.74) is 0.752. The number of nitro groups is 1. The number of hydrogen-bond donors (Lipinski definition) is 0. The zero-order valence-corrected chi connectivity index (χ0v) is 13.4. The van der Waals surface area contributed by atoms with Gasteiger partial charge in [0, 0.05) is 31.3 Å². The monoisotopic (exact) mass is 308 g/mol. The molecule has 22 heavy (non-hydrogen) atoms. The third-order valence-corrected chi connectivity index (χ3v) is 3.75. The molecule has 1 saturated heterocycles. The molecule has 0 aliphatic carbocycles. The van der Waals surface area contributed by atoms with E-state index < -0.39 is 0 Å². The molecule has 0 aromatic heterocycles. The van der Waals surface area contributed by atoms with Crippen LogP contribution in [0.2, 0.25) is 0 Å². The van der Waals surface area contributed by atoms with Gasteiger partial charge in [-0.25, -0.2) is 0 Å². The lowest BCUT2D eigenvalue weighted by atomic mass is 10.2. The molecule has 0 spiro atoms. The highest BCUT2D eigenvalue weighted by molar-refractivity contribution is 5.44. The number of nitrogens with zero attached hydrogens (tertiary/aromatic N) is 2. The van der Waals surface area contributed by atoms with Crippen molar-refractivity contribution in [1.29, 1.82) is 0 Å². The van der Waals surface area contributed by atoms with Crippen molar-refractivity contribution in [2.45, 2.75) is 39.4 Å². The van der Waals surface area contributed by atoms with Crippen LogP contribution in [0.5, 0.6) is 5.75 Å². The fraction of sp³-hybridized carbons (Fsp3) is 0.625. The highest BCUT2D eigenvalue weighted by Crippen LogP contribution is 2.23. The van der Waals surface area contributed by atoms with Crippen molar-refractivity contribution in [2.24, 2.45) is 0 Å². The van der Waals surface area contributed by atoms with Crippen molar-refractivity contribution < 1.29 is 14.4 Å². The second kappa shape index (κ2) is 7.56. The van der Waals surface area contributed by atoms with Gasteiger partial charge in [-0.1, -0.05) is 0 Å². The quantitative estimate of drug-likeness (QED) is 0.459. The average molecular weight is 308 g/mol. The predicted octanol–water partition coefficient (Wildman–Crippen LogP) is 2.78. The molecule has 1 aromatic carbocycles. The Balaban J connectivity index is 1.75. The van der Waals surface area contributed by atoms with Crippen molar-refractivity contribution >= 4 is 5.69 Å².